The zero-order valence-corrected chi connectivity index (χ0v) is 19.5. The van der Waals surface area contributed by atoms with Gasteiger partial charge in [-0.05, 0) is 48.5 Å². The van der Waals surface area contributed by atoms with Crippen molar-refractivity contribution in [2.75, 3.05) is 37.6 Å². The summed E-state index contributed by atoms with van der Waals surface area (Å²) >= 11 is 0. The maximum atomic E-state index is 14.0. The summed E-state index contributed by atoms with van der Waals surface area (Å²) in [5.74, 6) is 0.687. The number of anilines is 1. The van der Waals surface area contributed by atoms with Gasteiger partial charge in [0.05, 0.1) is 23.1 Å². The number of aromatic amines is 2. The van der Waals surface area contributed by atoms with E-state index in [0.29, 0.717) is 43.4 Å². The molecule has 37 heavy (non-hydrogen) atoms. The summed E-state index contributed by atoms with van der Waals surface area (Å²) in [4.78, 5) is 11.5. The molecule has 1 aliphatic rings. The standard InChI is InChI=1S/C26H22F4N6O/c27-19-3-1-2-4-23(19)37-17-6-8-20-18(14-17)24(34-33-20)25-31-21-7-5-16(13-22(21)32-25)36-11-9-35(10-12-36)15-26(28,29)30/h1-8,13-14H,9-12,15H2,(H,31,32)(H,33,34). The van der Waals surface area contributed by atoms with E-state index in [1.165, 1.54) is 11.0 Å². The van der Waals surface area contributed by atoms with Gasteiger partial charge in [0.15, 0.2) is 17.4 Å². The van der Waals surface area contributed by atoms with Gasteiger partial charge in [-0.1, -0.05) is 12.1 Å². The molecule has 3 heterocycles. The van der Waals surface area contributed by atoms with Gasteiger partial charge >= 0.3 is 6.18 Å². The van der Waals surface area contributed by atoms with Crippen molar-refractivity contribution in [1.82, 2.24) is 25.1 Å². The summed E-state index contributed by atoms with van der Waals surface area (Å²) in [6.45, 7) is 0.841. The van der Waals surface area contributed by atoms with Crippen molar-refractivity contribution >= 4 is 27.6 Å². The van der Waals surface area contributed by atoms with Crippen molar-refractivity contribution < 1.29 is 22.3 Å². The van der Waals surface area contributed by atoms with E-state index in [0.717, 1.165) is 27.6 Å². The predicted molar refractivity (Wildman–Crippen MR) is 132 cm³/mol. The Morgan fingerprint density at radius 3 is 2.51 bits per heavy atom. The van der Waals surface area contributed by atoms with E-state index in [4.69, 9.17) is 4.74 Å². The Hall–Kier alpha value is -4.12. The average Bonchev–Trinajstić information content (AvgIpc) is 3.48. The van der Waals surface area contributed by atoms with E-state index in [1.54, 1.807) is 36.4 Å². The third-order valence-corrected chi connectivity index (χ3v) is 6.43. The Kier molecular flexibility index (Phi) is 5.71. The van der Waals surface area contributed by atoms with Crippen LogP contribution in [0.2, 0.25) is 0 Å². The van der Waals surface area contributed by atoms with E-state index in [2.05, 4.69) is 25.1 Å². The Morgan fingerprint density at radius 1 is 0.919 bits per heavy atom. The van der Waals surface area contributed by atoms with Crippen molar-refractivity contribution in [1.29, 1.82) is 0 Å². The summed E-state index contributed by atoms with van der Waals surface area (Å²) in [6.07, 6.45) is -4.19. The van der Waals surface area contributed by atoms with Crippen LogP contribution >= 0.6 is 0 Å². The van der Waals surface area contributed by atoms with Crippen molar-refractivity contribution in [3.8, 4) is 23.0 Å². The van der Waals surface area contributed by atoms with E-state index >= 15 is 0 Å². The summed E-state index contributed by atoms with van der Waals surface area (Å²) in [6, 6.07) is 17.3. The fourth-order valence-electron chi connectivity index (χ4n) is 4.62. The molecule has 5 aromatic rings. The lowest BCUT2D eigenvalue weighted by atomic mass is 10.2. The number of para-hydroxylation sites is 1. The molecular weight excluding hydrogens is 488 g/mol. The summed E-state index contributed by atoms with van der Waals surface area (Å²) < 4.78 is 57.8. The molecule has 0 amide bonds. The molecule has 0 atom stereocenters. The fraction of sp³-hybridized carbons (Fsp3) is 0.231. The lowest BCUT2D eigenvalue weighted by molar-refractivity contribution is -0.146. The quantitative estimate of drug-likeness (QED) is 0.296. The Bertz CT molecular complexity index is 1570. The minimum atomic E-state index is -4.19. The summed E-state index contributed by atoms with van der Waals surface area (Å²) in [5, 5.41) is 8.16. The van der Waals surface area contributed by atoms with Crippen LogP contribution < -0.4 is 9.64 Å². The number of hydrogen-bond acceptors (Lipinski definition) is 5. The molecule has 0 aliphatic carbocycles. The summed E-state index contributed by atoms with van der Waals surface area (Å²) in [5.41, 5.74) is 3.81. The van der Waals surface area contributed by atoms with Crippen LogP contribution in [0.4, 0.5) is 23.2 Å². The predicted octanol–water partition coefficient (Wildman–Crippen LogP) is 5.72. The third-order valence-electron chi connectivity index (χ3n) is 6.43. The zero-order valence-electron chi connectivity index (χ0n) is 19.5. The Labute approximate surface area is 208 Å². The number of fused-ring (bicyclic) bond motifs is 2. The number of rotatable bonds is 5. The molecule has 3 aromatic carbocycles. The molecule has 0 saturated carbocycles. The monoisotopic (exact) mass is 510 g/mol. The number of H-pyrrole nitrogens is 2. The van der Waals surface area contributed by atoms with Gasteiger partial charge in [0.2, 0.25) is 0 Å². The third kappa shape index (κ3) is 4.82. The van der Waals surface area contributed by atoms with Gasteiger partial charge in [0.1, 0.15) is 11.4 Å². The topological polar surface area (TPSA) is 73.1 Å². The molecule has 2 N–H and O–H groups in total. The van der Waals surface area contributed by atoms with Crippen LogP contribution in [0, 0.1) is 5.82 Å². The van der Waals surface area contributed by atoms with Crippen molar-refractivity contribution in [2.45, 2.75) is 6.18 Å². The minimum Gasteiger partial charge on any atom is -0.454 e. The lowest BCUT2D eigenvalue weighted by Crippen LogP contribution is -2.49. The molecule has 2 aromatic heterocycles. The van der Waals surface area contributed by atoms with Gasteiger partial charge in [-0.2, -0.15) is 18.3 Å². The molecule has 11 heteroatoms. The van der Waals surface area contributed by atoms with Gasteiger partial charge in [-0.3, -0.25) is 10.00 Å². The minimum absolute atomic E-state index is 0.127. The van der Waals surface area contributed by atoms with Crippen molar-refractivity contribution in [2.24, 2.45) is 0 Å². The first-order chi connectivity index (χ1) is 17.8. The van der Waals surface area contributed by atoms with Gasteiger partial charge < -0.3 is 14.6 Å². The number of benzene rings is 3. The zero-order chi connectivity index (χ0) is 25.6. The van der Waals surface area contributed by atoms with Gasteiger partial charge in [0.25, 0.3) is 0 Å². The van der Waals surface area contributed by atoms with Gasteiger partial charge in [-0.25, -0.2) is 9.37 Å². The molecular formula is C26H22F4N6O. The number of ether oxygens (including phenoxy) is 1. The van der Waals surface area contributed by atoms with Crippen molar-refractivity contribution in [3.63, 3.8) is 0 Å². The molecule has 1 saturated heterocycles. The first kappa shape index (κ1) is 23.3. The highest BCUT2D eigenvalue weighted by molar-refractivity contribution is 5.94. The molecule has 6 rings (SSSR count). The van der Waals surface area contributed by atoms with Gasteiger partial charge in [-0.15, -0.1) is 0 Å². The molecule has 1 fully saturated rings. The molecule has 7 nitrogen and oxygen atoms in total. The number of piperazine rings is 1. The van der Waals surface area contributed by atoms with Crippen LogP contribution in [0.15, 0.2) is 60.7 Å². The number of nitrogens with zero attached hydrogens (tertiary/aromatic N) is 4. The Morgan fingerprint density at radius 2 is 1.73 bits per heavy atom. The SMILES string of the molecule is Fc1ccccc1Oc1ccc2[nH]nc(-c3nc4ccc(N5CCN(CC(F)(F)F)CC5)cc4[nH]3)c2c1. The van der Waals surface area contributed by atoms with E-state index in [9.17, 15) is 17.6 Å². The largest absolute Gasteiger partial charge is 0.454 e. The second-order valence-corrected chi connectivity index (χ2v) is 8.98. The molecule has 0 spiro atoms. The van der Waals surface area contributed by atoms with Crippen molar-refractivity contribution in [3.05, 3.63) is 66.5 Å². The number of nitrogens with one attached hydrogen (secondary N) is 2. The maximum Gasteiger partial charge on any atom is 0.401 e. The van der Waals surface area contributed by atoms with E-state index < -0.39 is 18.5 Å². The number of alkyl halides is 3. The second kappa shape index (κ2) is 9.07. The second-order valence-electron chi connectivity index (χ2n) is 8.98. The number of imidazole rings is 1. The van der Waals surface area contributed by atoms with E-state index in [1.807, 2.05) is 18.2 Å². The number of halogens is 4. The molecule has 190 valence electrons. The van der Waals surface area contributed by atoms with Crippen LogP contribution in [-0.4, -0.2) is 64.0 Å². The fourth-order valence-corrected chi connectivity index (χ4v) is 4.62. The molecule has 1 aliphatic heterocycles. The first-order valence-corrected chi connectivity index (χ1v) is 11.8. The van der Waals surface area contributed by atoms with Gasteiger partial charge in [0, 0.05) is 37.3 Å². The smallest absolute Gasteiger partial charge is 0.401 e. The maximum absolute atomic E-state index is 14.0. The highest BCUT2D eigenvalue weighted by atomic mass is 19.4. The van der Waals surface area contributed by atoms with Crippen LogP contribution in [0.25, 0.3) is 33.5 Å². The summed E-state index contributed by atoms with van der Waals surface area (Å²) in [7, 11) is 0. The Balaban J connectivity index is 1.24. The van der Waals surface area contributed by atoms with Crippen LogP contribution in [0.5, 0.6) is 11.5 Å². The first-order valence-electron chi connectivity index (χ1n) is 11.8. The van der Waals surface area contributed by atoms with Crippen LogP contribution in [0.3, 0.4) is 0 Å². The normalized spacial score (nSPS) is 15.1. The van der Waals surface area contributed by atoms with Crippen LogP contribution in [0.1, 0.15) is 0 Å². The number of hydrogen-bond donors (Lipinski definition) is 2. The molecule has 0 radical (unpaired) electrons. The van der Waals surface area contributed by atoms with Crippen LogP contribution in [-0.2, 0) is 0 Å². The van der Waals surface area contributed by atoms with E-state index in [-0.39, 0.29) is 5.75 Å². The highest BCUT2D eigenvalue weighted by Gasteiger charge is 2.32. The number of aromatic nitrogens is 4. The average molecular weight is 510 g/mol. The molecule has 0 unspecified atom stereocenters. The molecule has 0 bridgehead atoms. The lowest BCUT2D eigenvalue weighted by Gasteiger charge is -2.36. The highest BCUT2D eigenvalue weighted by Crippen LogP contribution is 2.32.